The van der Waals surface area contributed by atoms with Gasteiger partial charge in [-0.3, -0.25) is 4.57 Å². The number of hydrogen-bond acceptors (Lipinski definition) is 6. The number of rotatable bonds is 7. The van der Waals surface area contributed by atoms with Crippen molar-refractivity contribution >= 4 is 23.4 Å². The van der Waals surface area contributed by atoms with Gasteiger partial charge in [0.1, 0.15) is 0 Å². The number of alkyl halides is 3. The average Bonchev–Trinajstić information content (AvgIpc) is 3.37. The van der Waals surface area contributed by atoms with Crippen LogP contribution in [0.1, 0.15) is 17.0 Å². The van der Waals surface area contributed by atoms with Gasteiger partial charge in [0.05, 0.1) is 17.0 Å². The summed E-state index contributed by atoms with van der Waals surface area (Å²) in [6, 6.07) is 13.0. The molecule has 13 heteroatoms. The molecule has 0 saturated heterocycles. The van der Waals surface area contributed by atoms with Crippen LogP contribution in [0.15, 0.2) is 58.5 Å². The zero-order chi connectivity index (χ0) is 22.7. The maximum absolute atomic E-state index is 13.5. The third-order valence-corrected chi connectivity index (χ3v) is 5.75. The van der Waals surface area contributed by atoms with Crippen LogP contribution in [0.25, 0.3) is 5.69 Å². The predicted molar refractivity (Wildman–Crippen MR) is 112 cm³/mol. The number of halogens is 4. The van der Waals surface area contributed by atoms with Gasteiger partial charge in [-0.05, 0) is 40.6 Å². The summed E-state index contributed by atoms with van der Waals surface area (Å²) in [6.45, 7) is 0.391. The number of aromatic amines is 1. The number of tetrazole rings is 1. The molecule has 32 heavy (non-hydrogen) atoms. The van der Waals surface area contributed by atoms with Crippen LogP contribution in [0, 0.1) is 0 Å². The second-order valence-corrected chi connectivity index (χ2v) is 8.03. The predicted octanol–water partition coefficient (Wildman–Crippen LogP) is 3.75. The first-order valence-corrected chi connectivity index (χ1v) is 10.7. The maximum Gasteiger partial charge on any atom is 0.418 e. The van der Waals surface area contributed by atoms with Crippen molar-refractivity contribution in [2.45, 2.75) is 30.1 Å². The summed E-state index contributed by atoms with van der Waals surface area (Å²) in [4.78, 5) is 12.1. The molecule has 0 aliphatic carbocycles. The standard InChI is InChI=1S/C19H15ClF3N7OS/c20-13-6-7-15(14(10-13)19(21,22)23)30-16(24-27-28-30)11-32-18-26-25-17(31)29(18)9-8-12-4-2-1-3-5-12/h1-7,10H,8-9,11H2,(H,25,31). The van der Waals surface area contributed by atoms with Crippen molar-refractivity contribution in [1.82, 2.24) is 35.0 Å². The second-order valence-electron chi connectivity index (χ2n) is 6.65. The van der Waals surface area contributed by atoms with Gasteiger partial charge < -0.3 is 0 Å². The lowest BCUT2D eigenvalue weighted by atomic mass is 10.1. The summed E-state index contributed by atoms with van der Waals surface area (Å²) in [7, 11) is 0. The van der Waals surface area contributed by atoms with Crippen LogP contribution in [-0.2, 0) is 24.9 Å². The first-order valence-electron chi connectivity index (χ1n) is 9.29. The molecule has 0 amide bonds. The quantitative estimate of drug-likeness (QED) is 0.404. The lowest BCUT2D eigenvalue weighted by Crippen LogP contribution is -2.19. The number of aromatic nitrogens is 7. The Morgan fingerprint density at radius 2 is 1.91 bits per heavy atom. The monoisotopic (exact) mass is 481 g/mol. The third kappa shape index (κ3) is 4.86. The van der Waals surface area contributed by atoms with Crippen LogP contribution in [-0.4, -0.2) is 35.0 Å². The summed E-state index contributed by atoms with van der Waals surface area (Å²) in [5, 5.41) is 17.8. The second kappa shape index (κ2) is 9.17. The van der Waals surface area contributed by atoms with Gasteiger partial charge in [-0.1, -0.05) is 53.7 Å². The number of aryl methyl sites for hydroxylation is 1. The Morgan fingerprint density at radius 1 is 1.12 bits per heavy atom. The Balaban J connectivity index is 1.54. The molecule has 0 unspecified atom stereocenters. The molecule has 2 aromatic heterocycles. The molecule has 2 aromatic carbocycles. The van der Waals surface area contributed by atoms with E-state index >= 15 is 0 Å². The van der Waals surface area contributed by atoms with Gasteiger partial charge in [0, 0.05) is 11.6 Å². The molecular weight excluding hydrogens is 467 g/mol. The maximum atomic E-state index is 13.5. The van der Waals surface area contributed by atoms with Crippen molar-refractivity contribution in [3.8, 4) is 5.69 Å². The van der Waals surface area contributed by atoms with E-state index in [1.165, 1.54) is 16.7 Å². The Morgan fingerprint density at radius 3 is 2.66 bits per heavy atom. The van der Waals surface area contributed by atoms with E-state index < -0.39 is 11.7 Å². The Hall–Kier alpha value is -3.12. The van der Waals surface area contributed by atoms with Gasteiger partial charge >= 0.3 is 11.9 Å². The number of thioether (sulfide) groups is 1. The van der Waals surface area contributed by atoms with Gasteiger partial charge in [0.2, 0.25) is 0 Å². The zero-order valence-electron chi connectivity index (χ0n) is 16.3. The zero-order valence-corrected chi connectivity index (χ0v) is 17.8. The molecule has 2 heterocycles. The van der Waals surface area contributed by atoms with Crippen molar-refractivity contribution < 1.29 is 13.2 Å². The number of H-pyrrole nitrogens is 1. The fourth-order valence-corrected chi connectivity index (χ4v) is 4.08. The van der Waals surface area contributed by atoms with Crippen molar-refractivity contribution in [3.63, 3.8) is 0 Å². The van der Waals surface area contributed by atoms with Crippen LogP contribution < -0.4 is 5.69 Å². The van der Waals surface area contributed by atoms with Gasteiger partial charge in [-0.2, -0.15) is 17.9 Å². The van der Waals surface area contributed by atoms with Gasteiger partial charge in [0.25, 0.3) is 0 Å². The Kier molecular flexibility index (Phi) is 6.33. The minimum atomic E-state index is -4.64. The molecule has 0 bridgehead atoms. The highest BCUT2D eigenvalue weighted by Crippen LogP contribution is 2.35. The lowest BCUT2D eigenvalue weighted by molar-refractivity contribution is -0.137. The van der Waals surface area contributed by atoms with E-state index in [2.05, 4.69) is 25.7 Å². The van der Waals surface area contributed by atoms with E-state index in [1.54, 1.807) is 0 Å². The molecule has 0 spiro atoms. The molecule has 0 radical (unpaired) electrons. The highest BCUT2D eigenvalue weighted by Gasteiger charge is 2.35. The van der Waals surface area contributed by atoms with Crippen molar-refractivity contribution in [1.29, 1.82) is 0 Å². The van der Waals surface area contributed by atoms with Gasteiger partial charge in [-0.25, -0.2) is 9.89 Å². The first-order chi connectivity index (χ1) is 15.3. The number of nitrogens with one attached hydrogen (secondary N) is 1. The summed E-state index contributed by atoms with van der Waals surface area (Å²) < 4.78 is 42.9. The summed E-state index contributed by atoms with van der Waals surface area (Å²) in [5.41, 5.74) is -0.517. The van der Waals surface area contributed by atoms with Crippen LogP contribution in [0.5, 0.6) is 0 Å². The van der Waals surface area contributed by atoms with E-state index in [4.69, 9.17) is 11.6 Å². The lowest BCUT2D eigenvalue weighted by Gasteiger charge is -2.13. The molecule has 1 N–H and O–H groups in total. The van der Waals surface area contributed by atoms with E-state index in [0.717, 1.165) is 28.1 Å². The Bertz CT molecular complexity index is 1270. The molecule has 4 aromatic rings. The topological polar surface area (TPSA) is 94.3 Å². The minimum Gasteiger partial charge on any atom is -0.270 e. The van der Waals surface area contributed by atoms with Crippen molar-refractivity contribution in [3.05, 3.63) is 81.0 Å². The largest absolute Gasteiger partial charge is 0.418 e. The van der Waals surface area contributed by atoms with E-state index in [-0.39, 0.29) is 28.0 Å². The molecule has 0 saturated carbocycles. The molecule has 0 fully saturated rings. The highest BCUT2D eigenvalue weighted by atomic mass is 35.5. The first kappa shape index (κ1) is 22.1. The number of hydrogen-bond donors (Lipinski definition) is 1. The summed E-state index contributed by atoms with van der Waals surface area (Å²) >= 11 is 6.89. The normalized spacial score (nSPS) is 11.8. The van der Waals surface area contributed by atoms with Crippen molar-refractivity contribution in [2.75, 3.05) is 0 Å². The number of benzene rings is 2. The fourth-order valence-electron chi connectivity index (χ4n) is 3.03. The third-order valence-electron chi connectivity index (χ3n) is 4.55. The highest BCUT2D eigenvalue weighted by molar-refractivity contribution is 7.98. The van der Waals surface area contributed by atoms with Gasteiger partial charge in [-0.15, -0.1) is 10.2 Å². The minimum absolute atomic E-state index is 0.0518. The number of nitrogens with zero attached hydrogens (tertiary/aromatic N) is 6. The van der Waals surface area contributed by atoms with E-state index in [1.807, 2.05) is 30.3 Å². The van der Waals surface area contributed by atoms with Crippen LogP contribution in [0.3, 0.4) is 0 Å². The molecule has 0 aliphatic heterocycles. The fraction of sp³-hybridized carbons (Fsp3) is 0.211. The molecule has 8 nitrogen and oxygen atoms in total. The molecule has 166 valence electrons. The average molecular weight is 482 g/mol. The molecule has 0 aliphatic rings. The van der Waals surface area contributed by atoms with E-state index in [0.29, 0.717) is 18.1 Å². The van der Waals surface area contributed by atoms with Crippen LogP contribution in [0.2, 0.25) is 5.02 Å². The van der Waals surface area contributed by atoms with Gasteiger partial charge in [0.15, 0.2) is 11.0 Å². The van der Waals surface area contributed by atoms with Crippen molar-refractivity contribution in [2.24, 2.45) is 0 Å². The van der Waals surface area contributed by atoms with Crippen LogP contribution in [0.4, 0.5) is 13.2 Å². The SMILES string of the molecule is O=c1[nH]nc(SCc2nnnn2-c2ccc(Cl)cc2C(F)(F)F)n1CCc1ccccc1. The summed E-state index contributed by atoms with van der Waals surface area (Å²) in [5.74, 6) is 0.246. The van der Waals surface area contributed by atoms with E-state index in [9.17, 15) is 18.0 Å². The smallest absolute Gasteiger partial charge is 0.270 e. The molecule has 4 rings (SSSR count). The Labute approximate surface area is 188 Å². The molecule has 0 atom stereocenters. The molecular formula is C19H15ClF3N7OS. The summed E-state index contributed by atoms with van der Waals surface area (Å²) in [6.07, 6.45) is -4.03. The van der Waals surface area contributed by atoms with Crippen LogP contribution >= 0.6 is 23.4 Å².